The maximum Gasteiger partial charge on any atom is 0.320 e. The van der Waals surface area contributed by atoms with Gasteiger partial charge in [-0.25, -0.2) is 4.79 Å². The summed E-state index contributed by atoms with van der Waals surface area (Å²) in [5.74, 6) is 0.0519. The van der Waals surface area contributed by atoms with Crippen LogP contribution < -0.4 is 0 Å². The van der Waals surface area contributed by atoms with Gasteiger partial charge in [-0.3, -0.25) is 0 Å². The number of rotatable bonds is 0. The second-order valence-electron chi connectivity index (χ2n) is 4.26. The zero-order chi connectivity index (χ0) is 10.8. The molecule has 0 bridgehead atoms. The van der Waals surface area contributed by atoms with Crippen molar-refractivity contribution < 1.29 is 4.79 Å². The van der Waals surface area contributed by atoms with E-state index in [0.29, 0.717) is 13.1 Å². The predicted molar refractivity (Wildman–Crippen MR) is 56.0 cm³/mol. The van der Waals surface area contributed by atoms with Gasteiger partial charge in [0, 0.05) is 26.2 Å². The van der Waals surface area contributed by atoms with Gasteiger partial charge in [-0.1, -0.05) is 11.6 Å². The van der Waals surface area contributed by atoms with Crippen LogP contribution in [0.3, 0.4) is 0 Å². The summed E-state index contributed by atoms with van der Waals surface area (Å²) >= 11 is 0. The smallest absolute Gasteiger partial charge is 0.320 e. The maximum atomic E-state index is 11.9. The van der Waals surface area contributed by atoms with E-state index in [1.165, 1.54) is 5.57 Å². The van der Waals surface area contributed by atoms with Gasteiger partial charge < -0.3 is 9.80 Å². The molecule has 1 saturated heterocycles. The first-order chi connectivity index (χ1) is 7.20. The van der Waals surface area contributed by atoms with Crippen molar-refractivity contribution in [3.8, 4) is 6.07 Å². The van der Waals surface area contributed by atoms with Crippen molar-refractivity contribution in [2.24, 2.45) is 5.92 Å². The molecule has 4 heteroatoms. The molecule has 2 aliphatic rings. The van der Waals surface area contributed by atoms with Crippen molar-refractivity contribution in [1.29, 1.82) is 5.26 Å². The Balaban J connectivity index is 1.86. The number of hydrogen-bond acceptors (Lipinski definition) is 2. The first kappa shape index (κ1) is 10.0. The molecule has 0 aromatic rings. The van der Waals surface area contributed by atoms with E-state index in [9.17, 15) is 4.79 Å². The zero-order valence-electron chi connectivity index (χ0n) is 8.94. The summed E-state index contributed by atoms with van der Waals surface area (Å²) < 4.78 is 0. The van der Waals surface area contributed by atoms with Gasteiger partial charge in [-0.15, -0.1) is 0 Å². The molecule has 0 aromatic carbocycles. The summed E-state index contributed by atoms with van der Waals surface area (Å²) in [6.07, 6.45) is 3.07. The molecular weight excluding hydrogens is 190 g/mol. The van der Waals surface area contributed by atoms with Gasteiger partial charge in [0.1, 0.15) is 0 Å². The number of carbonyl (C=O) groups excluding carboxylic acids is 1. The Morgan fingerprint density at radius 1 is 1.53 bits per heavy atom. The number of likely N-dealkylation sites (tertiary alicyclic amines) is 1. The Labute approximate surface area is 89.8 Å². The van der Waals surface area contributed by atoms with Crippen molar-refractivity contribution in [2.45, 2.75) is 13.3 Å². The summed E-state index contributed by atoms with van der Waals surface area (Å²) in [4.78, 5) is 15.5. The zero-order valence-corrected chi connectivity index (χ0v) is 8.94. The van der Waals surface area contributed by atoms with Crippen molar-refractivity contribution in [3.05, 3.63) is 11.6 Å². The lowest BCUT2D eigenvalue weighted by Gasteiger charge is -2.39. The molecule has 0 radical (unpaired) electrons. The molecule has 4 nitrogen and oxygen atoms in total. The normalized spacial score (nSPS) is 21.7. The van der Waals surface area contributed by atoms with Gasteiger partial charge in [0.2, 0.25) is 0 Å². The second-order valence-corrected chi connectivity index (χ2v) is 4.26. The van der Waals surface area contributed by atoms with Crippen molar-refractivity contribution in [1.82, 2.24) is 9.80 Å². The van der Waals surface area contributed by atoms with E-state index in [4.69, 9.17) is 5.26 Å². The summed E-state index contributed by atoms with van der Waals surface area (Å²) in [7, 11) is 0. The highest BCUT2D eigenvalue weighted by Crippen LogP contribution is 2.18. The topological polar surface area (TPSA) is 47.3 Å². The van der Waals surface area contributed by atoms with Gasteiger partial charge in [-0.2, -0.15) is 5.26 Å². The van der Waals surface area contributed by atoms with Crippen LogP contribution in [0.15, 0.2) is 11.6 Å². The molecule has 0 aliphatic carbocycles. The Morgan fingerprint density at radius 3 is 2.80 bits per heavy atom. The monoisotopic (exact) mass is 205 g/mol. The summed E-state index contributed by atoms with van der Waals surface area (Å²) in [5.41, 5.74) is 1.36. The second kappa shape index (κ2) is 3.93. The third-order valence-corrected chi connectivity index (χ3v) is 3.04. The molecule has 0 N–H and O–H groups in total. The van der Waals surface area contributed by atoms with Gasteiger partial charge >= 0.3 is 6.03 Å². The lowest BCUT2D eigenvalue weighted by atomic mass is 10.0. The molecule has 0 spiro atoms. The average molecular weight is 205 g/mol. The van der Waals surface area contributed by atoms with E-state index in [1.54, 1.807) is 4.90 Å². The Morgan fingerprint density at radius 2 is 2.27 bits per heavy atom. The number of nitriles is 1. The minimum atomic E-state index is 0.0519. The summed E-state index contributed by atoms with van der Waals surface area (Å²) in [6, 6.07) is 2.26. The molecule has 2 rings (SSSR count). The molecule has 15 heavy (non-hydrogen) atoms. The molecule has 0 atom stereocenters. The minimum Gasteiger partial charge on any atom is -0.322 e. The number of urea groups is 1. The summed E-state index contributed by atoms with van der Waals surface area (Å²) in [6.45, 7) is 4.84. The van der Waals surface area contributed by atoms with Crippen molar-refractivity contribution in [3.63, 3.8) is 0 Å². The fourth-order valence-electron chi connectivity index (χ4n) is 1.86. The van der Waals surface area contributed by atoms with E-state index in [-0.39, 0.29) is 11.9 Å². The van der Waals surface area contributed by atoms with Crippen LogP contribution in [-0.4, -0.2) is 42.0 Å². The van der Waals surface area contributed by atoms with E-state index in [0.717, 1.165) is 19.5 Å². The molecule has 0 saturated carbocycles. The van der Waals surface area contributed by atoms with Crippen molar-refractivity contribution in [2.75, 3.05) is 26.2 Å². The van der Waals surface area contributed by atoms with Gasteiger partial charge in [0.15, 0.2) is 0 Å². The molecule has 2 aliphatic heterocycles. The fraction of sp³-hybridized carbons (Fsp3) is 0.636. The first-order valence-corrected chi connectivity index (χ1v) is 5.30. The Hall–Kier alpha value is -1.50. The summed E-state index contributed by atoms with van der Waals surface area (Å²) in [5, 5.41) is 8.62. The molecule has 1 fully saturated rings. The highest BCUT2D eigenvalue weighted by atomic mass is 16.2. The van der Waals surface area contributed by atoms with Crippen LogP contribution in [0.4, 0.5) is 4.79 Å². The van der Waals surface area contributed by atoms with Crippen LogP contribution in [0.1, 0.15) is 13.3 Å². The Bertz CT molecular complexity index is 336. The van der Waals surface area contributed by atoms with Crippen LogP contribution in [-0.2, 0) is 0 Å². The van der Waals surface area contributed by atoms with E-state index < -0.39 is 0 Å². The van der Waals surface area contributed by atoms with Crippen LogP contribution in [0, 0.1) is 17.2 Å². The van der Waals surface area contributed by atoms with Crippen molar-refractivity contribution >= 4 is 6.03 Å². The van der Waals surface area contributed by atoms with Crippen LogP contribution in [0.25, 0.3) is 0 Å². The number of carbonyl (C=O) groups is 1. The minimum absolute atomic E-state index is 0.0519. The third kappa shape index (κ3) is 1.96. The quantitative estimate of drug-likeness (QED) is 0.558. The van der Waals surface area contributed by atoms with Gasteiger partial charge in [-0.05, 0) is 13.3 Å². The molecule has 0 unspecified atom stereocenters. The highest BCUT2D eigenvalue weighted by molar-refractivity contribution is 5.75. The molecule has 80 valence electrons. The number of nitrogens with zero attached hydrogens (tertiary/aromatic N) is 3. The van der Waals surface area contributed by atoms with Gasteiger partial charge in [0.25, 0.3) is 0 Å². The lowest BCUT2D eigenvalue weighted by molar-refractivity contribution is 0.110. The van der Waals surface area contributed by atoms with Gasteiger partial charge in [0.05, 0.1) is 12.0 Å². The van der Waals surface area contributed by atoms with E-state index in [1.807, 2.05) is 4.90 Å². The maximum absolute atomic E-state index is 11.9. The van der Waals surface area contributed by atoms with E-state index in [2.05, 4.69) is 19.1 Å². The highest BCUT2D eigenvalue weighted by Gasteiger charge is 2.33. The van der Waals surface area contributed by atoms with E-state index >= 15 is 0 Å². The Kier molecular flexibility index (Phi) is 2.63. The number of hydrogen-bond donors (Lipinski definition) is 0. The SMILES string of the molecule is CC1=CCN(C(=O)N2CC(C#N)C2)CC1. The third-order valence-electron chi connectivity index (χ3n) is 3.04. The lowest BCUT2D eigenvalue weighted by Crippen LogP contribution is -2.55. The average Bonchev–Trinajstić information content (AvgIpc) is 2.17. The van der Waals surface area contributed by atoms with Crippen LogP contribution in [0.5, 0.6) is 0 Å². The largest absolute Gasteiger partial charge is 0.322 e. The molecule has 2 heterocycles. The van der Waals surface area contributed by atoms with Crippen LogP contribution in [0.2, 0.25) is 0 Å². The standard InChI is InChI=1S/C11H15N3O/c1-9-2-4-13(5-3-9)11(15)14-7-10(6-12)8-14/h2,10H,3-5,7-8H2,1H3. The molecular formula is C11H15N3O. The van der Waals surface area contributed by atoms with Crippen LogP contribution >= 0.6 is 0 Å². The first-order valence-electron chi connectivity index (χ1n) is 5.30. The molecule has 2 amide bonds. The predicted octanol–water partition coefficient (Wildman–Crippen LogP) is 1.21. The fourth-order valence-corrected chi connectivity index (χ4v) is 1.86. The number of amides is 2. The molecule has 0 aromatic heterocycles.